The summed E-state index contributed by atoms with van der Waals surface area (Å²) in [4.78, 5) is 21.6. The number of carbonyl (C=O) groups excluding carboxylic acids is 1. The second-order valence-electron chi connectivity index (χ2n) is 6.86. The van der Waals surface area contributed by atoms with Gasteiger partial charge < -0.3 is 4.74 Å². The van der Waals surface area contributed by atoms with Crippen LogP contribution in [0, 0.1) is 17.1 Å². The summed E-state index contributed by atoms with van der Waals surface area (Å²) >= 11 is 0. The molecule has 0 bridgehead atoms. The molecule has 0 saturated heterocycles. The van der Waals surface area contributed by atoms with Crippen molar-refractivity contribution in [1.82, 2.24) is 9.97 Å². The van der Waals surface area contributed by atoms with Crippen LogP contribution >= 0.6 is 0 Å². The summed E-state index contributed by atoms with van der Waals surface area (Å²) < 4.78 is 18.9. The molecule has 0 N–H and O–H groups in total. The number of benzene rings is 2. The Balaban J connectivity index is 1.56. The number of carbonyl (C=O) groups is 1. The van der Waals surface area contributed by atoms with Crippen molar-refractivity contribution < 1.29 is 13.9 Å². The van der Waals surface area contributed by atoms with Gasteiger partial charge in [-0.25, -0.2) is 14.4 Å². The zero-order valence-corrected chi connectivity index (χ0v) is 16.5. The van der Waals surface area contributed by atoms with Crippen LogP contribution in [0.15, 0.2) is 65.1 Å². The lowest BCUT2D eigenvalue weighted by Gasteiger charge is -2.16. The molecule has 3 aromatic rings. The van der Waals surface area contributed by atoms with E-state index in [1.165, 1.54) is 18.3 Å². The molecular formula is C23H16FN5O2. The molecule has 8 heteroatoms. The molecule has 0 amide bonds. The summed E-state index contributed by atoms with van der Waals surface area (Å²) in [6.07, 6.45) is 4.77. The molecule has 1 aliphatic heterocycles. The van der Waals surface area contributed by atoms with Gasteiger partial charge in [-0.15, -0.1) is 0 Å². The Hall–Kier alpha value is -4.25. The number of rotatable bonds is 5. The maximum Gasteiger partial charge on any atom is 0.192 e. The van der Waals surface area contributed by atoms with Crippen molar-refractivity contribution in [2.24, 2.45) is 10.2 Å². The van der Waals surface area contributed by atoms with Gasteiger partial charge in [0.25, 0.3) is 0 Å². The average molecular weight is 413 g/mol. The number of ether oxygens (including phenoxy) is 1. The summed E-state index contributed by atoms with van der Waals surface area (Å²) in [5.41, 5.74) is 2.39. The van der Waals surface area contributed by atoms with Crippen molar-refractivity contribution in [1.29, 1.82) is 5.26 Å². The Kier molecular flexibility index (Phi) is 5.58. The number of hydrogen-bond donors (Lipinski definition) is 0. The lowest BCUT2D eigenvalue weighted by molar-refractivity contribution is -0.113. The Morgan fingerprint density at radius 2 is 1.97 bits per heavy atom. The van der Waals surface area contributed by atoms with Crippen LogP contribution in [0.3, 0.4) is 0 Å². The number of nitriles is 1. The molecule has 2 aromatic carbocycles. The van der Waals surface area contributed by atoms with E-state index in [0.29, 0.717) is 17.1 Å². The van der Waals surface area contributed by atoms with Crippen LogP contribution in [0.2, 0.25) is 0 Å². The highest BCUT2D eigenvalue weighted by Gasteiger charge is 2.27. The van der Waals surface area contributed by atoms with E-state index < -0.39 is 11.7 Å². The van der Waals surface area contributed by atoms with Gasteiger partial charge in [0.15, 0.2) is 17.4 Å². The fraction of sp³-hybridized carbons (Fsp3) is 0.130. The van der Waals surface area contributed by atoms with Crippen molar-refractivity contribution in [3.05, 3.63) is 77.4 Å². The first kappa shape index (κ1) is 20.0. The van der Waals surface area contributed by atoms with E-state index in [2.05, 4.69) is 20.2 Å². The van der Waals surface area contributed by atoms with E-state index in [4.69, 9.17) is 10.00 Å². The van der Waals surface area contributed by atoms with E-state index in [0.717, 1.165) is 17.2 Å². The molecule has 7 nitrogen and oxygen atoms in total. The van der Waals surface area contributed by atoms with E-state index in [-0.39, 0.29) is 23.5 Å². The Bertz CT molecular complexity index is 1250. The first-order chi connectivity index (χ1) is 15.1. The average Bonchev–Trinajstić information content (AvgIpc) is 2.80. The van der Waals surface area contributed by atoms with E-state index in [1.54, 1.807) is 19.5 Å². The van der Waals surface area contributed by atoms with Crippen molar-refractivity contribution in [2.75, 3.05) is 7.11 Å². The Labute approximate surface area is 177 Å². The van der Waals surface area contributed by atoms with Crippen molar-refractivity contribution in [3.63, 3.8) is 0 Å². The van der Waals surface area contributed by atoms with Crippen molar-refractivity contribution >= 4 is 17.7 Å². The molecule has 0 aliphatic carbocycles. The first-order valence-electron chi connectivity index (χ1n) is 9.37. The van der Waals surface area contributed by atoms with Crippen LogP contribution in [0.25, 0.3) is 11.4 Å². The van der Waals surface area contributed by atoms with Gasteiger partial charge in [-0.2, -0.15) is 15.5 Å². The number of methoxy groups -OCH3 is 1. The number of Topliss-reactive ketones (excluding diaryl/α,β-unsaturated/α-hetero) is 1. The topological polar surface area (TPSA) is 101 Å². The minimum atomic E-state index is -0.789. The standard InChI is InChI=1S/C23H16FN5O2/c1-31-19-11-26-23(27-12-19)16-4-2-3-14(5-16)8-21-22(30)20(13-28-29-21)17-6-15(10-25)7-18(24)9-17/h2-7,9,11-13,20H,8H2,1H3. The van der Waals surface area contributed by atoms with Crippen LogP contribution in [-0.2, 0) is 11.2 Å². The van der Waals surface area contributed by atoms with Gasteiger partial charge in [0.05, 0.1) is 37.1 Å². The van der Waals surface area contributed by atoms with Gasteiger partial charge in [-0.05, 0) is 35.4 Å². The molecule has 0 fully saturated rings. The van der Waals surface area contributed by atoms with Gasteiger partial charge in [0, 0.05) is 18.2 Å². The molecule has 1 atom stereocenters. The van der Waals surface area contributed by atoms with E-state index >= 15 is 0 Å². The molecule has 1 unspecified atom stereocenters. The summed E-state index contributed by atoms with van der Waals surface area (Å²) in [5, 5.41) is 17.0. The molecule has 0 saturated carbocycles. The molecule has 4 rings (SSSR count). The first-order valence-corrected chi connectivity index (χ1v) is 9.37. The van der Waals surface area contributed by atoms with Gasteiger partial charge in [-0.3, -0.25) is 4.79 Å². The zero-order valence-electron chi connectivity index (χ0n) is 16.5. The van der Waals surface area contributed by atoms with Crippen LogP contribution in [0.5, 0.6) is 5.75 Å². The minimum absolute atomic E-state index is 0.146. The van der Waals surface area contributed by atoms with Crippen molar-refractivity contribution in [2.45, 2.75) is 12.3 Å². The van der Waals surface area contributed by atoms with E-state index in [1.807, 2.05) is 30.3 Å². The number of nitrogens with zero attached hydrogens (tertiary/aromatic N) is 5. The molecule has 0 spiro atoms. The summed E-state index contributed by atoms with van der Waals surface area (Å²) in [6, 6.07) is 13.2. The second-order valence-corrected chi connectivity index (χ2v) is 6.86. The lowest BCUT2D eigenvalue weighted by Crippen LogP contribution is -2.27. The molecule has 1 aromatic heterocycles. The quantitative estimate of drug-likeness (QED) is 0.637. The van der Waals surface area contributed by atoms with Crippen LogP contribution < -0.4 is 4.74 Å². The smallest absolute Gasteiger partial charge is 0.192 e. The molecule has 152 valence electrons. The predicted octanol–water partition coefficient (Wildman–Crippen LogP) is 3.50. The van der Waals surface area contributed by atoms with Gasteiger partial charge in [0.1, 0.15) is 11.5 Å². The zero-order chi connectivity index (χ0) is 21.8. The van der Waals surface area contributed by atoms with Gasteiger partial charge >= 0.3 is 0 Å². The summed E-state index contributed by atoms with van der Waals surface area (Å²) in [5.74, 6) is -0.562. The Morgan fingerprint density at radius 1 is 1.16 bits per heavy atom. The highest BCUT2D eigenvalue weighted by atomic mass is 19.1. The fourth-order valence-electron chi connectivity index (χ4n) is 3.27. The fourth-order valence-corrected chi connectivity index (χ4v) is 3.27. The highest BCUT2D eigenvalue weighted by molar-refractivity contribution is 6.45. The monoisotopic (exact) mass is 413 g/mol. The maximum absolute atomic E-state index is 13.8. The molecular weight excluding hydrogens is 397 g/mol. The molecule has 2 heterocycles. The summed E-state index contributed by atoms with van der Waals surface area (Å²) in [7, 11) is 1.54. The molecule has 1 aliphatic rings. The second kappa shape index (κ2) is 8.63. The molecule has 0 radical (unpaired) electrons. The largest absolute Gasteiger partial charge is 0.494 e. The number of ketones is 1. The number of hydrogen-bond acceptors (Lipinski definition) is 7. The lowest BCUT2D eigenvalue weighted by atomic mass is 9.89. The van der Waals surface area contributed by atoms with Gasteiger partial charge in [0.2, 0.25) is 0 Å². The Morgan fingerprint density at radius 3 is 2.71 bits per heavy atom. The van der Waals surface area contributed by atoms with E-state index in [9.17, 15) is 9.18 Å². The SMILES string of the molecule is COc1cnc(-c2cccc(CC3=NN=CC(c4cc(F)cc(C#N)c4)C3=O)c2)nc1. The third-order valence-electron chi connectivity index (χ3n) is 4.79. The van der Waals surface area contributed by atoms with Crippen LogP contribution in [0.4, 0.5) is 4.39 Å². The highest BCUT2D eigenvalue weighted by Crippen LogP contribution is 2.23. The number of aromatic nitrogens is 2. The van der Waals surface area contributed by atoms with Crippen LogP contribution in [-0.4, -0.2) is 34.8 Å². The predicted molar refractivity (Wildman–Crippen MR) is 113 cm³/mol. The summed E-state index contributed by atoms with van der Waals surface area (Å²) in [6.45, 7) is 0. The molecule has 31 heavy (non-hydrogen) atoms. The van der Waals surface area contributed by atoms with Crippen LogP contribution in [0.1, 0.15) is 22.6 Å². The number of halogens is 1. The maximum atomic E-state index is 13.8. The third-order valence-corrected chi connectivity index (χ3v) is 4.79. The third kappa shape index (κ3) is 4.36. The normalized spacial score (nSPS) is 15.3. The van der Waals surface area contributed by atoms with Crippen molar-refractivity contribution in [3.8, 4) is 23.2 Å². The van der Waals surface area contributed by atoms with Gasteiger partial charge in [-0.1, -0.05) is 18.2 Å². The minimum Gasteiger partial charge on any atom is -0.494 e.